The molecule has 2 amide bonds. The van der Waals surface area contributed by atoms with E-state index in [1.54, 1.807) is 0 Å². The van der Waals surface area contributed by atoms with Crippen LogP contribution in [0.3, 0.4) is 0 Å². The van der Waals surface area contributed by atoms with Crippen LogP contribution in [-0.4, -0.2) is 30.9 Å². The van der Waals surface area contributed by atoms with E-state index in [0.717, 1.165) is 19.2 Å². The molecule has 0 aliphatic rings. The third-order valence-electron chi connectivity index (χ3n) is 2.97. The third kappa shape index (κ3) is 5.61. The van der Waals surface area contributed by atoms with Crippen molar-refractivity contribution in [3.63, 3.8) is 0 Å². The molecule has 23 heavy (non-hydrogen) atoms. The molecule has 0 aliphatic carbocycles. The number of nitrogens with two attached hydrogens (primary N) is 1. The van der Waals surface area contributed by atoms with Crippen LogP contribution in [0, 0.1) is 0 Å². The first kappa shape index (κ1) is 18.5. The highest BCUT2D eigenvalue weighted by atomic mass is 19.4. The zero-order chi connectivity index (χ0) is 17.6. The van der Waals surface area contributed by atoms with Gasteiger partial charge in [-0.3, -0.25) is 14.4 Å². The number of benzene rings is 1. The number of esters is 1. The number of halogens is 3. The van der Waals surface area contributed by atoms with Crippen molar-refractivity contribution in [1.29, 1.82) is 0 Å². The number of hydrogen-bond acceptors (Lipinski definition) is 4. The highest BCUT2D eigenvalue weighted by molar-refractivity contribution is 5.97. The van der Waals surface area contributed by atoms with Crippen LogP contribution in [-0.2, 0) is 20.5 Å². The van der Waals surface area contributed by atoms with E-state index in [9.17, 15) is 27.6 Å². The summed E-state index contributed by atoms with van der Waals surface area (Å²) in [5, 5.41) is 2.20. The zero-order valence-electron chi connectivity index (χ0n) is 12.1. The Morgan fingerprint density at radius 1 is 1.30 bits per heavy atom. The minimum Gasteiger partial charge on any atom is -0.469 e. The average molecular weight is 332 g/mol. The van der Waals surface area contributed by atoms with E-state index < -0.39 is 35.6 Å². The fraction of sp³-hybridized carbons (Fsp3) is 0.357. The molecule has 0 radical (unpaired) electrons. The normalized spacial score (nSPS) is 12.3. The largest absolute Gasteiger partial charge is 0.469 e. The van der Waals surface area contributed by atoms with Crippen molar-refractivity contribution in [2.24, 2.45) is 5.73 Å². The van der Waals surface area contributed by atoms with Crippen molar-refractivity contribution in [3.8, 4) is 0 Å². The minimum absolute atomic E-state index is 0.118. The van der Waals surface area contributed by atoms with Crippen LogP contribution >= 0.6 is 0 Å². The molecule has 0 saturated carbocycles. The molecule has 126 valence electrons. The second kappa shape index (κ2) is 7.61. The van der Waals surface area contributed by atoms with Gasteiger partial charge in [0.25, 0.3) is 5.91 Å². The van der Waals surface area contributed by atoms with Crippen molar-refractivity contribution < 1.29 is 32.3 Å². The molecule has 0 unspecified atom stereocenters. The number of amides is 2. The SMILES string of the molecule is COC(=O)CC[C@@H](NC(=O)c1cccc(C(F)(F)F)c1)C(N)=O. The second-order valence-electron chi connectivity index (χ2n) is 4.62. The molecule has 0 aromatic heterocycles. The van der Waals surface area contributed by atoms with E-state index in [-0.39, 0.29) is 18.4 Å². The first-order chi connectivity index (χ1) is 10.6. The van der Waals surface area contributed by atoms with Crippen LogP contribution in [0.15, 0.2) is 24.3 Å². The maximum Gasteiger partial charge on any atom is 0.416 e. The van der Waals surface area contributed by atoms with Gasteiger partial charge in [0.05, 0.1) is 12.7 Å². The topological polar surface area (TPSA) is 98.5 Å². The maximum atomic E-state index is 12.6. The highest BCUT2D eigenvalue weighted by Gasteiger charge is 2.31. The molecule has 6 nitrogen and oxygen atoms in total. The highest BCUT2D eigenvalue weighted by Crippen LogP contribution is 2.29. The molecule has 0 saturated heterocycles. The summed E-state index contributed by atoms with van der Waals surface area (Å²) in [6, 6.07) is 2.53. The number of carbonyl (C=O) groups is 3. The number of carbonyl (C=O) groups excluding carboxylic acids is 3. The Hall–Kier alpha value is -2.58. The van der Waals surface area contributed by atoms with Gasteiger partial charge in [-0.1, -0.05) is 6.07 Å². The summed E-state index contributed by atoms with van der Waals surface area (Å²) >= 11 is 0. The van der Waals surface area contributed by atoms with Gasteiger partial charge in [0.2, 0.25) is 5.91 Å². The summed E-state index contributed by atoms with van der Waals surface area (Å²) in [5.41, 5.74) is 3.84. The Labute approximate surface area is 129 Å². The quantitative estimate of drug-likeness (QED) is 0.766. The van der Waals surface area contributed by atoms with Crippen molar-refractivity contribution >= 4 is 17.8 Å². The summed E-state index contributed by atoms with van der Waals surface area (Å²) in [5.74, 6) is -2.41. The summed E-state index contributed by atoms with van der Waals surface area (Å²) in [6.07, 6.45) is -4.88. The summed E-state index contributed by atoms with van der Waals surface area (Å²) in [7, 11) is 1.16. The summed E-state index contributed by atoms with van der Waals surface area (Å²) < 4.78 is 42.2. The fourth-order valence-electron chi connectivity index (χ4n) is 1.73. The Morgan fingerprint density at radius 2 is 1.96 bits per heavy atom. The van der Waals surface area contributed by atoms with Crippen LogP contribution in [0.4, 0.5) is 13.2 Å². The Balaban J connectivity index is 2.83. The molecular formula is C14H15F3N2O4. The van der Waals surface area contributed by atoms with Gasteiger partial charge < -0.3 is 15.8 Å². The molecule has 0 bridgehead atoms. The second-order valence-corrected chi connectivity index (χ2v) is 4.62. The Kier molecular flexibility index (Phi) is 6.11. The van der Waals surface area contributed by atoms with E-state index in [2.05, 4.69) is 10.1 Å². The summed E-state index contributed by atoms with van der Waals surface area (Å²) in [4.78, 5) is 34.3. The number of primary amides is 1. The van der Waals surface area contributed by atoms with E-state index in [1.165, 1.54) is 6.07 Å². The molecule has 0 spiro atoms. The summed E-state index contributed by atoms with van der Waals surface area (Å²) in [6.45, 7) is 0. The smallest absolute Gasteiger partial charge is 0.416 e. The van der Waals surface area contributed by atoms with Crippen molar-refractivity contribution in [2.75, 3.05) is 7.11 Å². The molecule has 1 atom stereocenters. The molecule has 0 heterocycles. The first-order valence-electron chi connectivity index (χ1n) is 6.49. The third-order valence-corrected chi connectivity index (χ3v) is 2.97. The molecule has 1 aromatic carbocycles. The monoisotopic (exact) mass is 332 g/mol. The minimum atomic E-state index is -4.59. The van der Waals surface area contributed by atoms with Gasteiger partial charge in [0.1, 0.15) is 6.04 Å². The zero-order valence-corrected chi connectivity index (χ0v) is 12.1. The number of methoxy groups -OCH3 is 1. The maximum absolute atomic E-state index is 12.6. The Bertz CT molecular complexity index is 602. The van der Waals surface area contributed by atoms with Gasteiger partial charge in [-0.05, 0) is 24.6 Å². The average Bonchev–Trinajstić information content (AvgIpc) is 2.49. The molecule has 0 aliphatic heterocycles. The number of hydrogen-bond donors (Lipinski definition) is 2. The van der Waals surface area contributed by atoms with Crippen LogP contribution in [0.25, 0.3) is 0 Å². The van der Waals surface area contributed by atoms with Crippen LogP contribution in [0.2, 0.25) is 0 Å². The van der Waals surface area contributed by atoms with Gasteiger partial charge in [-0.15, -0.1) is 0 Å². The number of ether oxygens (including phenoxy) is 1. The lowest BCUT2D eigenvalue weighted by molar-refractivity contribution is -0.141. The lowest BCUT2D eigenvalue weighted by atomic mass is 10.1. The van der Waals surface area contributed by atoms with E-state index in [0.29, 0.717) is 6.07 Å². The predicted octanol–water partition coefficient (Wildman–Crippen LogP) is 1.24. The number of nitrogens with one attached hydrogen (secondary N) is 1. The van der Waals surface area contributed by atoms with Gasteiger partial charge in [0, 0.05) is 12.0 Å². The molecular weight excluding hydrogens is 317 g/mol. The van der Waals surface area contributed by atoms with Crippen molar-refractivity contribution in [3.05, 3.63) is 35.4 Å². The predicted molar refractivity (Wildman–Crippen MR) is 73.1 cm³/mol. The van der Waals surface area contributed by atoms with E-state index >= 15 is 0 Å². The fourth-order valence-corrected chi connectivity index (χ4v) is 1.73. The van der Waals surface area contributed by atoms with Gasteiger partial charge in [-0.25, -0.2) is 0 Å². The van der Waals surface area contributed by atoms with Crippen LogP contribution < -0.4 is 11.1 Å². The van der Waals surface area contributed by atoms with E-state index in [1.807, 2.05) is 0 Å². The van der Waals surface area contributed by atoms with Gasteiger partial charge in [0.15, 0.2) is 0 Å². The lowest BCUT2D eigenvalue weighted by Gasteiger charge is -2.15. The Morgan fingerprint density at radius 3 is 2.48 bits per heavy atom. The molecule has 3 N–H and O–H groups in total. The molecule has 1 rings (SSSR count). The van der Waals surface area contributed by atoms with Crippen LogP contribution in [0.1, 0.15) is 28.8 Å². The van der Waals surface area contributed by atoms with Crippen molar-refractivity contribution in [1.82, 2.24) is 5.32 Å². The first-order valence-corrected chi connectivity index (χ1v) is 6.49. The van der Waals surface area contributed by atoms with Crippen molar-refractivity contribution in [2.45, 2.75) is 25.1 Å². The number of alkyl halides is 3. The molecule has 0 fully saturated rings. The van der Waals surface area contributed by atoms with Gasteiger partial charge in [-0.2, -0.15) is 13.2 Å². The molecule has 1 aromatic rings. The standard InChI is InChI=1S/C14H15F3N2O4/c1-23-11(20)6-5-10(12(18)21)19-13(22)8-3-2-4-9(7-8)14(15,16)17/h2-4,7,10H,5-6H2,1H3,(H2,18,21)(H,19,22)/t10-/m1/s1. The number of rotatable bonds is 6. The lowest BCUT2D eigenvalue weighted by Crippen LogP contribution is -2.44. The van der Waals surface area contributed by atoms with Gasteiger partial charge >= 0.3 is 12.1 Å². The van der Waals surface area contributed by atoms with E-state index in [4.69, 9.17) is 5.73 Å². The molecule has 9 heteroatoms. The van der Waals surface area contributed by atoms with Crippen LogP contribution in [0.5, 0.6) is 0 Å².